The highest BCUT2D eigenvalue weighted by Gasteiger charge is 2.40. The van der Waals surface area contributed by atoms with E-state index in [9.17, 15) is 9.90 Å². The molecule has 6 nitrogen and oxygen atoms in total. The van der Waals surface area contributed by atoms with E-state index in [1.165, 1.54) is 7.11 Å². The standard InChI is InChI=1S/C19H16ClN3O3/c1-23-18(11-5-8-13(24)14(9-11)26-2)15-16(21-22-17(15)19(23)25)10-3-6-12(20)7-4-10/h3-9,18,24H,1-2H3,(H,21,22)/t18-/m0/s1. The summed E-state index contributed by atoms with van der Waals surface area (Å²) in [6.45, 7) is 0. The van der Waals surface area contributed by atoms with Crippen molar-refractivity contribution in [1.82, 2.24) is 15.1 Å². The molecule has 0 bridgehead atoms. The number of methoxy groups -OCH3 is 1. The molecule has 2 N–H and O–H groups in total. The number of hydrogen-bond acceptors (Lipinski definition) is 4. The molecule has 0 fully saturated rings. The number of nitrogens with zero attached hydrogens (tertiary/aromatic N) is 2. The molecule has 26 heavy (non-hydrogen) atoms. The zero-order chi connectivity index (χ0) is 18.4. The second-order valence-corrected chi connectivity index (χ2v) is 6.55. The first-order valence-corrected chi connectivity index (χ1v) is 8.37. The van der Waals surface area contributed by atoms with E-state index in [1.807, 2.05) is 12.1 Å². The Kier molecular flexibility index (Phi) is 3.85. The molecular formula is C19H16ClN3O3. The number of fused-ring (bicyclic) bond motifs is 1. The van der Waals surface area contributed by atoms with Gasteiger partial charge in [0.2, 0.25) is 0 Å². The predicted molar refractivity (Wildman–Crippen MR) is 97.6 cm³/mol. The van der Waals surface area contributed by atoms with Crippen molar-refractivity contribution in [2.75, 3.05) is 14.2 Å². The van der Waals surface area contributed by atoms with Crippen LogP contribution in [0, 0.1) is 0 Å². The van der Waals surface area contributed by atoms with Gasteiger partial charge in [0.15, 0.2) is 11.5 Å². The van der Waals surface area contributed by atoms with Crippen LogP contribution in [0.1, 0.15) is 27.7 Å². The van der Waals surface area contributed by atoms with Crippen LogP contribution in [0.4, 0.5) is 0 Å². The van der Waals surface area contributed by atoms with Gasteiger partial charge >= 0.3 is 0 Å². The van der Waals surface area contributed by atoms with Crippen molar-refractivity contribution in [1.29, 1.82) is 0 Å². The molecule has 0 aliphatic carbocycles. The van der Waals surface area contributed by atoms with Crippen LogP contribution < -0.4 is 4.74 Å². The highest BCUT2D eigenvalue weighted by atomic mass is 35.5. The van der Waals surface area contributed by atoms with Crippen LogP contribution in [-0.2, 0) is 0 Å². The average Bonchev–Trinajstić information content (AvgIpc) is 3.17. The van der Waals surface area contributed by atoms with E-state index in [0.717, 1.165) is 16.7 Å². The minimum atomic E-state index is -0.337. The summed E-state index contributed by atoms with van der Waals surface area (Å²) in [6.07, 6.45) is 0. The van der Waals surface area contributed by atoms with E-state index in [0.29, 0.717) is 22.2 Å². The maximum atomic E-state index is 12.7. The lowest BCUT2D eigenvalue weighted by Gasteiger charge is -2.22. The molecule has 4 rings (SSSR count). The third-order valence-corrected chi connectivity index (χ3v) is 4.89. The molecule has 3 aromatic rings. The minimum absolute atomic E-state index is 0.0496. The zero-order valence-corrected chi connectivity index (χ0v) is 14.9. The van der Waals surface area contributed by atoms with Gasteiger partial charge in [0.05, 0.1) is 18.8 Å². The lowest BCUT2D eigenvalue weighted by molar-refractivity contribution is 0.0787. The average molecular weight is 370 g/mol. The summed E-state index contributed by atoms with van der Waals surface area (Å²) in [6, 6.07) is 12.1. The summed E-state index contributed by atoms with van der Waals surface area (Å²) in [5.74, 6) is 0.270. The third kappa shape index (κ3) is 2.42. The van der Waals surface area contributed by atoms with Crippen LogP contribution in [0.2, 0.25) is 5.02 Å². The Morgan fingerprint density at radius 2 is 1.96 bits per heavy atom. The van der Waals surface area contributed by atoms with E-state index in [-0.39, 0.29) is 17.7 Å². The molecule has 0 radical (unpaired) electrons. The van der Waals surface area contributed by atoms with Gasteiger partial charge in [-0.2, -0.15) is 5.10 Å². The van der Waals surface area contributed by atoms with Gasteiger partial charge < -0.3 is 14.7 Å². The van der Waals surface area contributed by atoms with Gasteiger partial charge in [-0.1, -0.05) is 29.8 Å². The lowest BCUT2D eigenvalue weighted by atomic mass is 9.96. The first-order chi connectivity index (χ1) is 12.5. The quantitative estimate of drug-likeness (QED) is 0.739. The van der Waals surface area contributed by atoms with E-state index in [4.69, 9.17) is 16.3 Å². The van der Waals surface area contributed by atoms with Gasteiger partial charge in [0, 0.05) is 23.2 Å². The molecule has 0 unspecified atom stereocenters. The number of H-pyrrole nitrogens is 1. The van der Waals surface area contributed by atoms with Crippen LogP contribution in [0.25, 0.3) is 11.3 Å². The summed E-state index contributed by atoms with van der Waals surface area (Å²) in [5.41, 5.74) is 3.66. The zero-order valence-electron chi connectivity index (χ0n) is 14.2. The third-order valence-electron chi connectivity index (χ3n) is 4.64. The fourth-order valence-electron chi connectivity index (χ4n) is 3.35. The van der Waals surface area contributed by atoms with Crippen molar-refractivity contribution in [3.63, 3.8) is 0 Å². The first-order valence-electron chi connectivity index (χ1n) is 7.99. The summed E-state index contributed by atoms with van der Waals surface area (Å²) >= 11 is 5.98. The number of phenolic OH excluding ortho intramolecular Hbond substituents is 1. The van der Waals surface area contributed by atoms with Gasteiger partial charge in [0.25, 0.3) is 5.91 Å². The molecule has 0 saturated heterocycles. The topological polar surface area (TPSA) is 78.5 Å². The Labute approximate surface area is 155 Å². The molecule has 1 aromatic heterocycles. The van der Waals surface area contributed by atoms with Crippen LogP contribution >= 0.6 is 11.6 Å². The van der Waals surface area contributed by atoms with Gasteiger partial charge in [-0.05, 0) is 29.8 Å². The maximum absolute atomic E-state index is 12.7. The van der Waals surface area contributed by atoms with Crippen molar-refractivity contribution < 1.29 is 14.6 Å². The van der Waals surface area contributed by atoms with Gasteiger partial charge in [-0.15, -0.1) is 0 Å². The van der Waals surface area contributed by atoms with Crippen LogP contribution in [0.3, 0.4) is 0 Å². The summed E-state index contributed by atoms with van der Waals surface area (Å²) in [7, 11) is 3.23. The number of amides is 1. The van der Waals surface area contributed by atoms with E-state index in [1.54, 1.807) is 42.3 Å². The molecular weight excluding hydrogens is 354 g/mol. The SMILES string of the molecule is COc1cc([C@H]2c3c(-c4ccc(Cl)cc4)n[nH]c3C(=O)N2C)ccc1O. The number of nitrogens with one attached hydrogen (secondary N) is 1. The van der Waals surface area contributed by atoms with Gasteiger partial charge in [-0.3, -0.25) is 9.89 Å². The van der Waals surface area contributed by atoms with E-state index >= 15 is 0 Å². The number of hydrogen-bond donors (Lipinski definition) is 2. The number of carbonyl (C=O) groups excluding carboxylic acids is 1. The number of rotatable bonds is 3. The molecule has 2 aromatic carbocycles. The Hall–Kier alpha value is -2.99. The normalized spacial score (nSPS) is 16.0. The Bertz CT molecular complexity index is 998. The number of carbonyl (C=O) groups is 1. The van der Waals surface area contributed by atoms with Crippen molar-refractivity contribution in [2.45, 2.75) is 6.04 Å². The first kappa shape index (κ1) is 16.5. The molecule has 0 saturated carbocycles. The maximum Gasteiger partial charge on any atom is 0.272 e. The minimum Gasteiger partial charge on any atom is -0.504 e. The molecule has 1 aliphatic heterocycles. The summed E-state index contributed by atoms with van der Waals surface area (Å²) in [4.78, 5) is 14.3. The van der Waals surface area contributed by atoms with Crippen molar-refractivity contribution in [3.8, 4) is 22.8 Å². The number of aromatic nitrogens is 2. The second kappa shape index (κ2) is 6.07. The molecule has 1 amide bonds. The second-order valence-electron chi connectivity index (χ2n) is 6.12. The number of aromatic amines is 1. The molecule has 0 spiro atoms. The summed E-state index contributed by atoms with van der Waals surface area (Å²) < 4.78 is 5.21. The molecule has 1 aliphatic rings. The van der Waals surface area contributed by atoms with Gasteiger partial charge in [0.1, 0.15) is 5.69 Å². The molecule has 2 heterocycles. The fourth-order valence-corrected chi connectivity index (χ4v) is 3.48. The van der Waals surface area contributed by atoms with Crippen molar-refractivity contribution >= 4 is 17.5 Å². The van der Waals surface area contributed by atoms with E-state index < -0.39 is 0 Å². The summed E-state index contributed by atoms with van der Waals surface area (Å²) in [5, 5.41) is 17.7. The number of aromatic hydroxyl groups is 1. The number of halogens is 1. The predicted octanol–water partition coefficient (Wildman–Crippen LogP) is 3.62. The Balaban J connectivity index is 1.88. The Morgan fingerprint density at radius 3 is 2.65 bits per heavy atom. The van der Waals surface area contributed by atoms with Crippen molar-refractivity contribution in [3.05, 3.63) is 64.3 Å². The fraction of sp³-hybridized carbons (Fsp3) is 0.158. The lowest BCUT2D eigenvalue weighted by Crippen LogP contribution is -2.24. The highest BCUT2D eigenvalue weighted by Crippen LogP contribution is 2.43. The smallest absolute Gasteiger partial charge is 0.272 e. The molecule has 132 valence electrons. The number of ether oxygens (including phenoxy) is 1. The monoisotopic (exact) mass is 369 g/mol. The van der Waals surface area contributed by atoms with Gasteiger partial charge in [-0.25, -0.2) is 0 Å². The number of phenols is 1. The van der Waals surface area contributed by atoms with Crippen LogP contribution in [0.15, 0.2) is 42.5 Å². The van der Waals surface area contributed by atoms with Crippen molar-refractivity contribution in [2.24, 2.45) is 0 Å². The van der Waals surface area contributed by atoms with E-state index in [2.05, 4.69) is 10.2 Å². The highest BCUT2D eigenvalue weighted by molar-refractivity contribution is 6.30. The molecule has 7 heteroatoms. The largest absolute Gasteiger partial charge is 0.504 e. The van der Waals surface area contributed by atoms with Crippen LogP contribution in [-0.4, -0.2) is 40.3 Å². The van der Waals surface area contributed by atoms with Crippen LogP contribution in [0.5, 0.6) is 11.5 Å². The number of benzene rings is 2. The molecule has 1 atom stereocenters. The Morgan fingerprint density at radius 1 is 1.23 bits per heavy atom.